The highest BCUT2D eigenvalue weighted by molar-refractivity contribution is 5.85. The van der Waals surface area contributed by atoms with E-state index in [-0.39, 0.29) is 24.8 Å². The summed E-state index contributed by atoms with van der Waals surface area (Å²) < 4.78 is 0. The third-order valence-corrected chi connectivity index (χ3v) is 2.87. The van der Waals surface area contributed by atoms with Gasteiger partial charge in [-0.2, -0.15) is 0 Å². The maximum atomic E-state index is 3.25. The van der Waals surface area contributed by atoms with Crippen LogP contribution < -0.4 is 10.2 Å². The number of nitrogens with zero attached hydrogens (tertiary/aromatic N) is 1. The fraction of sp³-hybridized carbons (Fsp3) is 0.500. The van der Waals surface area contributed by atoms with Gasteiger partial charge in [0.1, 0.15) is 0 Å². The van der Waals surface area contributed by atoms with Gasteiger partial charge in [0.05, 0.1) is 11.4 Å². The third-order valence-electron chi connectivity index (χ3n) is 2.87. The fourth-order valence-electron chi connectivity index (χ4n) is 2.10. The molecule has 0 aliphatic carbocycles. The van der Waals surface area contributed by atoms with Crippen LogP contribution in [0.4, 0.5) is 11.4 Å². The first-order valence-corrected chi connectivity index (χ1v) is 5.43. The highest BCUT2D eigenvalue weighted by atomic mass is 35.5. The van der Waals surface area contributed by atoms with Crippen molar-refractivity contribution in [2.24, 2.45) is 0 Å². The first kappa shape index (κ1) is 15.4. The minimum absolute atomic E-state index is 0. The van der Waals surface area contributed by atoms with Gasteiger partial charge in [0.25, 0.3) is 0 Å². The zero-order chi connectivity index (χ0) is 9.80. The van der Waals surface area contributed by atoms with E-state index in [9.17, 15) is 0 Å². The van der Waals surface area contributed by atoms with Crippen LogP contribution in [0.3, 0.4) is 0 Å². The summed E-state index contributed by atoms with van der Waals surface area (Å²) in [5, 5.41) is 3.25. The molecule has 1 fully saturated rings. The van der Waals surface area contributed by atoms with Crippen molar-refractivity contribution in [3.05, 3.63) is 24.3 Å². The van der Waals surface area contributed by atoms with Crippen molar-refractivity contribution in [2.45, 2.75) is 19.3 Å². The van der Waals surface area contributed by atoms with Crippen molar-refractivity contribution in [3.63, 3.8) is 0 Å². The highest BCUT2D eigenvalue weighted by Crippen LogP contribution is 2.27. The van der Waals surface area contributed by atoms with Crippen LogP contribution >= 0.6 is 24.8 Å². The van der Waals surface area contributed by atoms with Gasteiger partial charge in [-0.25, -0.2) is 0 Å². The minimum atomic E-state index is 0. The fourth-order valence-corrected chi connectivity index (χ4v) is 2.10. The predicted octanol–water partition coefficient (Wildman–Crippen LogP) is 3.56. The van der Waals surface area contributed by atoms with Crippen molar-refractivity contribution in [1.29, 1.82) is 0 Å². The molecule has 1 aliphatic heterocycles. The summed E-state index contributed by atoms with van der Waals surface area (Å²) in [6.07, 6.45) is 4.05. The van der Waals surface area contributed by atoms with E-state index < -0.39 is 0 Å². The molecule has 1 saturated heterocycles. The van der Waals surface area contributed by atoms with E-state index >= 15 is 0 Å². The Labute approximate surface area is 110 Å². The van der Waals surface area contributed by atoms with E-state index in [1.54, 1.807) is 0 Å². The molecule has 16 heavy (non-hydrogen) atoms. The molecule has 2 nitrogen and oxygen atoms in total. The van der Waals surface area contributed by atoms with Gasteiger partial charge < -0.3 is 10.2 Å². The summed E-state index contributed by atoms with van der Waals surface area (Å²) in [7, 11) is 1.99. The van der Waals surface area contributed by atoms with Crippen LogP contribution in [0.15, 0.2) is 24.3 Å². The molecule has 1 aromatic rings. The molecule has 0 radical (unpaired) electrons. The lowest BCUT2D eigenvalue weighted by Gasteiger charge is -2.30. The number of nitrogens with one attached hydrogen (secondary N) is 1. The first-order chi connectivity index (χ1) is 6.92. The predicted molar refractivity (Wildman–Crippen MR) is 76.5 cm³/mol. The number of piperidine rings is 1. The Morgan fingerprint density at radius 1 is 1.00 bits per heavy atom. The summed E-state index contributed by atoms with van der Waals surface area (Å²) in [6, 6.07) is 8.55. The lowest BCUT2D eigenvalue weighted by Crippen LogP contribution is -2.29. The van der Waals surface area contributed by atoms with Gasteiger partial charge in [0.15, 0.2) is 0 Å². The molecule has 92 valence electrons. The van der Waals surface area contributed by atoms with Crippen molar-refractivity contribution in [2.75, 3.05) is 30.4 Å². The summed E-state index contributed by atoms with van der Waals surface area (Å²) >= 11 is 0. The van der Waals surface area contributed by atoms with Gasteiger partial charge in [0, 0.05) is 20.1 Å². The van der Waals surface area contributed by atoms with Crippen molar-refractivity contribution in [1.82, 2.24) is 0 Å². The molecule has 1 heterocycles. The zero-order valence-electron chi connectivity index (χ0n) is 9.61. The Hall–Kier alpha value is -0.600. The lowest BCUT2D eigenvalue weighted by atomic mass is 10.1. The number of anilines is 2. The topological polar surface area (TPSA) is 15.3 Å². The maximum absolute atomic E-state index is 3.25. The maximum Gasteiger partial charge on any atom is 0.0601 e. The number of para-hydroxylation sites is 2. The van der Waals surface area contributed by atoms with Crippen LogP contribution in [-0.2, 0) is 0 Å². The molecule has 0 atom stereocenters. The van der Waals surface area contributed by atoms with E-state index in [0.29, 0.717) is 0 Å². The largest absolute Gasteiger partial charge is 0.386 e. The minimum Gasteiger partial charge on any atom is -0.386 e. The number of benzene rings is 1. The smallest absolute Gasteiger partial charge is 0.0601 e. The molecule has 0 bridgehead atoms. The van der Waals surface area contributed by atoms with Crippen molar-refractivity contribution >= 4 is 36.2 Å². The molecule has 1 aliphatic rings. The van der Waals surface area contributed by atoms with E-state index in [1.807, 2.05) is 7.05 Å². The number of rotatable bonds is 2. The van der Waals surface area contributed by atoms with Crippen LogP contribution in [0.5, 0.6) is 0 Å². The van der Waals surface area contributed by atoms with Gasteiger partial charge in [-0.1, -0.05) is 12.1 Å². The second kappa shape index (κ2) is 7.64. The summed E-state index contributed by atoms with van der Waals surface area (Å²) in [5.74, 6) is 0. The normalized spacial score (nSPS) is 14.7. The molecule has 2 rings (SSSR count). The average molecular weight is 263 g/mol. The van der Waals surface area contributed by atoms with Crippen LogP contribution in [0, 0.1) is 0 Å². The average Bonchev–Trinajstić information content (AvgIpc) is 2.30. The van der Waals surface area contributed by atoms with Crippen LogP contribution in [0.2, 0.25) is 0 Å². The quantitative estimate of drug-likeness (QED) is 0.877. The summed E-state index contributed by atoms with van der Waals surface area (Å²) in [4.78, 5) is 2.48. The Morgan fingerprint density at radius 2 is 1.62 bits per heavy atom. The molecule has 0 spiro atoms. The van der Waals surface area contributed by atoms with Gasteiger partial charge in [-0.3, -0.25) is 0 Å². The van der Waals surface area contributed by atoms with Gasteiger partial charge in [0.2, 0.25) is 0 Å². The summed E-state index contributed by atoms with van der Waals surface area (Å²) in [6.45, 7) is 2.41. The first-order valence-electron chi connectivity index (χ1n) is 5.43. The molecule has 4 heteroatoms. The molecular formula is C12H20Cl2N2. The van der Waals surface area contributed by atoms with Gasteiger partial charge >= 0.3 is 0 Å². The lowest BCUT2D eigenvalue weighted by molar-refractivity contribution is 0.578. The Kier molecular flexibility index (Phi) is 7.35. The monoisotopic (exact) mass is 262 g/mol. The SMILES string of the molecule is CNc1ccccc1N1CCCCC1.Cl.Cl. The van der Waals surface area contributed by atoms with Crippen molar-refractivity contribution < 1.29 is 0 Å². The van der Waals surface area contributed by atoms with Crippen LogP contribution in [0.1, 0.15) is 19.3 Å². The third kappa shape index (κ3) is 3.46. The Bertz CT molecular complexity index is 299. The standard InChI is InChI=1S/C12H18N2.2ClH/c1-13-11-7-3-4-8-12(11)14-9-5-2-6-10-14;;/h3-4,7-8,13H,2,5-6,9-10H2,1H3;2*1H. The highest BCUT2D eigenvalue weighted by Gasteiger charge is 2.12. The zero-order valence-corrected chi connectivity index (χ0v) is 11.2. The second-order valence-corrected chi connectivity index (χ2v) is 3.81. The van der Waals surface area contributed by atoms with E-state index in [4.69, 9.17) is 0 Å². The van der Waals surface area contributed by atoms with Gasteiger partial charge in [-0.05, 0) is 31.4 Å². The molecule has 0 saturated carbocycles. The number of hydrogen-bond acceptors (Lipinski definition) is 2. The molecule has 1 N–H and O–H groups in total. The molecule has 1 aromatic carbocycles. The van der Waals surface area contributed by atoms with Gasteiger partial charge in [-0.15, -0.1) is 24.8 Å². The van der Waals surface area contributed by atoms with E-state index in [2.05, 4.69) is 34.5 Å². The Balaban J connectivity index is 0.00000112. The van der Waals surface area contributed by atoms with E-state index in [1.165, 1.54) is 43.7 Å². The Morgan fingerprint density at radius 3 is 2.25 bits per heavy atom. The molecule has 0 aromatic heterocycles. The molecule has 0 amide bonds. The molecular weight excluding hydrogens is 243 g/mol. The number of halogens is 2. The second-order valence-electron chi connectivity index (χ2n) is 3.81. The summed E-state index contributed by atoms with van der Waals surface area (Å²) in [5.41, 5.74) is 2.60. The van der Waals surface area contributed by atoms with Crippen LogP contribution in [0.25, 0.3) is 0 Å². The van der Waals surface area contributed by atoms with E-state index in [0.717, 1.165) is 0 Å². The van der Waals surface area contributed by atoms with Crippen molar-refractivity contribution in [3.8, 4) is 0 Å². The number of hydrogen-bond donors (Lipinski definition) is 1. The molecule has 0 unspecified atom stereocenters. The van der Waals surface area contributed by atoms with Crippen LogP contribution in [-0.4, -0.2) is 20.1 Å².